The molecule has 2 heterocycles. The van der Waals surface area contributed by atoms with E-state index in [9.17, 15) is 0 Å². The fraction of sp³-hybridized carbons (Fsp3) is 0.125. The van der Waals surface area contributed by atoms with Gasteiger partial charge in [0.2, 0.25) is 5.95 Å². The van der Waals surface area contributed by atoms with E-state index in [1.54, 1.807) is 23.4 Å². The molecule has 6 heteroatoms. The lowest BCUT2D eigenvalue weighted by Gasteiger charge is -2.00. The van der Waals surface area contributed by atoms with Crippen molar-refractivity contribution >= 4 is 21.9 Å². The fourth-order valence-corrected chi connectivity index (χ4v) is 1.53. The minimum Gasteiger partial charge on any atom is -0.367 e. The highest BCUT2D eigenvalue weighted by molar-refractivity contribution is 9.10. The number of rotatable bonds is 2. The summed E-state index contributed by atoms with van der Waals surface area (Å²) in [6.07, 6.45) is 5.11. The maximum absolute atomic E-state index is 5.39. The topological polar surface area (TPSA) is 69.6 Å². The van der Waals surface area contributed by atoms with Crippen LogP contribution in [0.3, 0.4) is 0 Å². The van der Waals surface area contributed by atoms with E-state index in [0.29, 0.717) is 6.54 Å². The number of pyridine rings is 1. The molecule has 0 bridgehead atoms. The maximum atomic E-state index is 5.39. The summed E-state index contributed by atoms with van der Waals surface area (Å²) in [5.41, 5.74) is 6.44. The summed E-state index contributed by atoms with van der Waals surface area (Å²) in [5.74, 6) is 0.285. The van der Waals surface area contributed by atoms with E-state index in [-0.39, 0.29) is 5.95 Å². The van der Waals surface area contributed by atoms with Gasteiger partial charge in [-0.15, -0.1) is 5.10 Å². The van der Waals surface area contributed by atoms with Crippen LogP contribution in [0.25, 0.3) is 0 Å². The third-order valence-electron chi connectivity index (χ3n) is 1.66. The van der Waals surface area contributed by atoms with Crippen molar-refractivity contribution in [1.82, 2.24) is 19.7 Å². The highest BCUT2D eigenvalue weighted by atomic mass is 79.9. The zero-order valence-corrected chi connectivity index (χ0v) is 8.85. The molecule has 0 saturated carbocycles. The summed E-state index contributed by atoms with van der Waals surface area (Å²) in [4.78, 5) is 7.88. The number of nitrogens with zero attached hydrogens (tertiary/aromatic N) is 4. The Morgan fingerprint density at radius 3 is 2.93 bits per heavy atom. The number of nitrogen functional groups attached to an aromatic ring is 1. The highest BCUT2D eigenvalue weighted by Crippen LogP contribution is 2.10. The minimum atomic E-state index is 0.285. The molecule has 0 atom stereocenters. The standard InChI is InChI=1S/C8H8BrN5/c9-7-1-6(2-11-3-7)4-14-5-12-8(10)13-14/h1-3,5H,4H2,(H2,10,13). The molecule has 72 valence electrons. The molecule has 0 aromatic carbocycles. The Bertz CT molecular complexity index is 439. The first kappa shape index (κ1) is 9.14. The van der Waals surface area contributed by atoms with Crippen molar-refractivity contribution in [2.75, 3.05) is 5.73 Å². The molecular weight excluding hydrogens is 246 g/mol. The predicted octanol–water partition coefficient (Wildman–Crippen LogP) is 1.07. The third kappa shape index (κ3) is 2.08. The molecule has 0 spiro atoms. The molecule has 0 saturated heterocycles. The minimum absolute atomic E-state index is 0.285. The van der Waals surface area contributed by atoms with Crippen LogP contribution >= 0.6 is 15.9 Å². The number of aromatic nitrogens is 4. The molecule has 0 aliphatic rings. The van der Waals surface area contributed by atoms with E-state index in [0.717, 1.165) is 10.0 Å². The maximum Gasteiger partial charge on any atom is 0.239 e. The molecule has 0 unspecified atom stereocenters. The average Bonchev–Trinajstić information content (AvgIpc) is 2.51. The normalized spacial score (nSPS) is 10.4. The molecule has 0 amide bonds. The van der Waals surface area contributed by atoms with Crippen LogP contribution in [0.15, 0.2) is 29.3 Å². The van der Waals surface area contributed by atoms with Gasteiger partial charge in [0.1, 0.15) is 6.33 Å². The molecule has 2 aromatic rings. The molecule has 0 fully saturated rings. The van der Waals surface area contributed by atoms with Gasteiger partial charge in [0.05, 0.1) is 6.54 Å². The third-order valence-corrected chi connectivity index (χ3v) is 2.09. The van der Waals surface area contributed by atoms with Gasteiger partial charge in [-0.25, -0.2) is 9.67 Å². The van der Waals surface area contributed by atoms with Crippen molar-refractivity contribution in [3.8, 4) is 0 Å². The van der Waals surface area contributed by atoms with E-state index in [1.807, 2.05) is 6.07 Å². The van der Waals surface area contributed by atoms with Gasteiger partial charge in [-0.3, -0.25) is 4.98 Å². The zero-order chi connectivity index (χ0) is 9.97. The second-order valence-corrected chi connectivity index (χ2v) is 3.73. The van der Waals surface area contributed by atoms with Gasteiger partial charge < -0.3 is 5.73 Å². The van der Waals surface area contributed by atoms with Crippen molar-refractivity contribution in [3.05, 3.63) is 34.8 Å². The second-order valence-electron chi connectivity index (χ2n) is 2.81. The van der Waals surface area contributed by atoms with Crippen molar-refractivity contribution in [3.63, 3.8) is 0 Å². The van der Waals surface area contributed by atoms with Crippen LogP contribution in [0.2, 0.25) is 0 Å². The van der Waals surface area contributed by atoms with Gasteiger partial charge in [-0.2, -0.15) is 0 Å². The zero-order valence-electron chi connectivity index (χ0n) is 7.26. The summed E-state index contributed by atoms with van der Waals surface area (Å²) in [6.45, 7) is 0.622. The van der Waals surface area contributed by atoms with Crippen LogP contribution in [0.5, 0.6) is 0 Å². The van der Waals surface area contributed by atoms with Gasteiger partial charge in [0, 0.05) is 16.9 Å². The number of hydrogen-bond donors (Lipinski definition) is 1. The van der Waals surface area contributed by atoms with Crippen LogP contribution in [-0.4, -0.2) is 19.7 Å². The molecule has 5 nitrogen and oxygen atoms in total. The summed E-state index contributed by atoms with van der Waals surface area (Å²) in [5, 5.41) is 3.98. The second kappa shape index (κ2) is 3.75. The number of anilines is 1. The SMILES string of the molecule is Nc1ncn(Cc2cncc(Br)c2)n1. The molecule has 14 heavy (non-hydrogen) atoms. The van der Waals surface area contributed by atoms with Crippen LogP contribution < -0.4 is 5.73 Å². The Labute approximate surface area is 89.1 Å². The molecule has 2 rings (SSSR count). The number of hydrogen-bond acceptors (Lipinski definition) is 4. The molecule has 0 aliphatic heterocycles. The van der Waals surface area contributed by atoms with Gasteiger partial charge in [0.25, 0.3) is 0 Å². The summed E-state index contributed by atoms with van der Waals surface area (Å²) in [6, 6.07) is 1.98. The first-order chi connectivity index (χ1) is 6.74. The van der Waals surface area contributed by atoms with Gasteiger partial charge >= 0.3 is 0 Å². The van der Waals surface area contributed by atoms with E-state index >= 15 is 0 Å². The summed E-state index contributed by atoms with van der Waals surface area (Å²) >= 11 is 3.35. The van der Waals surface area contributed by atoms with Gasteiger partial charge in [-0.1, -0.05) is 0 Å². The van der Waals surface area contributed by atoms with Gasteiger partial charge in [0.15, 0.2) is 0 Å². The lowest BCUT2D eigenvalue weighted by Crippen LogP contribution is -2.01. The van der Waals surface area contributed by atoms with Crippen molar-refractivity contribution in [1.29, 1.82) is 0 Å². The quantitative estimate of drug-likeness (QED) is 0.870. The number of halogens is 1. The van der Waals surface area contributed by atoms with E-state index in [4.69, 9.17) is 5.73 Å². The Hall–Kier alpha value is -1.43. The first-order valence-corrected chi connectivity index (χ1v) is 4.78. The highest BCUT2D eigenvalue weighted by Gasteiger charge is 1.98. The van der Waals surface area contributed by atoms with Crippen LogP contribution in [0.4, 0.5) is 5.95 Å². The largest absolute Gasteiger partial charge is 0.367 e. The van der Waals surface area contributed by atoms with E-state index in [2.05, 4.69) is 31.0 Å². The smallest absolute Gasteiger partial charge is 0.239 e. The predicted molar refractivity (Wildman–Crippen MR) is 55.5 cm³/mol. The summed E-state index contributed by atoms with van der Waals surface area (Å²) < 4.78 is 2.61. The van der Waals surface area contributed by atoms with Gasteiger partial charge in [-0.05, 0) is 27.6 Å². The molecular formula is C8H8BrN5. The van der Waals surface area contributed by atoms with Crippen LogP contribution in [-0.2, 0) is 6.54 Å². The molecule has 2 N–H and O–H groups in total. The van der Waals surface area contributed by atoms with Crippen LogP contribution in [0.1, 0.15) is 5.56 Å². The molecule has 0 radical (unpaired) electrons. The van der Waals surface area contributed by atoms with Crippen molar-refractivity contribution in [2.45, 2.75) is 6.54 Å². The Kier molecular flexibility index (Phi) is 2.45. The van der Waals surface area contributed by atoms with Crippen molar-refractivity contribution in [2.24, 2.45) is 0 Å². The number of nitrogens with two attached hydrogens (primary N) is 1. The first-order valence-electron chi connectivity index (χ1n) is 3.98. The summed E-state index contributed by atoms with van der Waals surface area (Å²) in [7, 11) is 0. The Balaban J connectivity index is 2.18. The van der Waals surface area contributed by atoms with Crippen LogP contribution in [0, 0.1) is 0 Å². The monoisotopic (exact) mass is 253 g/mol. The van der Waals surface area contributed by atoms with E-state index < -0.39 is 0 Å². The van der Waals surface area contributed by atoms with Crippen molar-refractivity contribution < 1.29 is 0 Å². The lowest BCUT2D eigenvalue weighted by molar-refractivity contribution is 0.685. The average molecular weight is 254 g/mol. The molecule has 2 aromatic heterocycles. The molecule has 0 aliphatic carbocycles. The fourth-order valence-electron chi connectivity index (χ4n) is 1.11. The van der Waals surface area contributed by atoms with E-state index in [1.165, 1.54) is 0 Å². The lowest BCUT2D eigenvalue weighted by atomic mass is 10.3. The Morgan fingerprint density at radius 2 is 2.29 bits per heavy atom. The Morgan fingerprint density at radius 1 is 1.43 bits per heavy atom.